The number of nitrogens with zero attached hydrogens (tertiary/aromatic N) is 2. The summed E-state index contributed by atoms with van der Waals surface area (Å²) in [5, 5.41) is 9.14. The zero-order valence-electron chi connectivity index (χ0n) is 12.1. The Morgan fingerprint density at radius 3 is 3.05 bits per heavy atom. The minimum atomic E-state index is -0.111. The lowest BCUT2D eigenvalue weighted by molar-refractivity contribution is 0.0940. The third-order valence-electron chi connectivity index (χ3n) is 2.85. The molecule has 0 saturated heterocycles. The Kier molecular flexibility index (Phi) is 5.14. The highest BCUT2D eigenvalue weighted by Gasteiger charge is 2.12. The molecule has 0 fully saturated rings. The van der Waals surface area contributed by atoms with Crippen molar-refractivity contribution in [1.82, 2.24) is 15.1 Å². The zero-order chi connectivity index (χ0) is 15.2. The second kappa shape index (κ2) is 7.07. The van der Waals surface area contributed by atoms with Gasteiger partial charge in [-0.2, -0.15) is 5.10 Å². The van der Waals surface area contributed by atoms with Gasteiger partial charge in [0.1, 0.15) is 5.69 Å². The summed E-state index contributed by atoms with van der Waals surface area (Å²) in [5.74, 6) is 5.68. The fourth-order valence-corrected chi connectivity index (χ4v) is 2.68. The number of aromatic nitrogens is 2. The standard InChI is InChI=1S/C15H18N4OS/c1-3-19-14(7-11(2)18-19)15(20)17-9-13-8-12(10-21-13)5-4-6-16/h7-8,10H,3,6,9,16H2,1-2H3,(H,17,20). The van der Waals surface area contributed by atoms with Crippen molar-refractivity contribution >= 4 is 17.2 Å². The van der Waals surface area contributed by atoms with Crippen LogP contribution in [0.15, 0.2) is 17.5 Å². The van der Waals surface area contributed by atoms with Crippen LogP contribution in [-0.4, -0.2) is 22.2 Å². The average Bonchev–Trinajstić information content (AvgIpc) is 3.08. The Balaban J connectivity index is 1.99. The van der Waals surface area contributed by atoms with Gasteiger partial charge in [-0.25, -0.2) is 0 Å². The number of carbonyl (C=O) groups is 1. The first-order valence-corrected chi connectivity index (χ1v) is 7.61. The van der Waals surface area contributed by atoms with Gasteiger partial charge in [0.15, 0.2) is 0 Å². The van der Waals surface area contributed by atoms with E-state index in [1.807, 2.05) is 25.3 Å². The first kappa shape index (κ1) is 15.3. The van der Waals surface area contributed by atoms with Crippen LogP contribution in [0.25, 0.3) is 0 Å². The summed E-state index contributed by atoms with van der Waals surface area (Å²) < 4.78 is 1.71. The molecule has 6 heteroatoms. The molecule has 0 spiro atoms. The van der Waals surface area contributed by atoms with Crippen molar-refractivity contribution in [2.45, 2.75) is 26.9 Å². The van der Waals surface area contributed by atoms with Crippen LogP contribution in [0.5, 0.6) is 0 Å². The van der Waals surface area contributed by atoms with Crippen molar-refractivity contribution in [2.75, 3.05) is 6.54 Å². The normalized spacial score (nSPS) is 10.0. The maximum atomic E-state index is 12.2. The molecular weight excluding hydrogens is 284 g/mol. The average molecular weight is 302 g/mol. The summed E-state index contributed by atoms with van der Waals surface area (Å²) in [6, 6.07) is 3.77. The van der Waals surface area contributed by atoms with Gasteiger partial charge in [0.2, 0.25) is 0 Å². The Morgan fingerprint density at radius 1 is 1.52 bits per heavy atom. The third-order valence-corrected chi connectivity index (χ3v) is 3.78. The number of nitrogens with two attached hydrogens (primary N) is 1. The molecule has 0 aliphatic heterocycles. The predicted molar refractivity (Wildman–Crippen MR) is 84.1 cm³/mol. The van der Waals surface area contributed by atoms with Crippen LogP contribution in [0.4, 0.5) is 0 Å². The molecule has 0 bridgehead atoms. The topological polar surface area (TPSA) is 72.9 Å². The lowest BCUT2D eigenvalue weighted by Crippen LogP contribution is -2.25. The molecule has 0 aliphatic rings. The number of rotatable bonds is 4. The lowest BCUT2D eigenvalue weighted by Gasteiger charge is -2.05. The van der Waals surface area contributed by atoms with Gasteiger partial charge in [-0.15, -0.1) is 11.3 Å². The summed E-state index contributed by atoms with van der Waals surface area (Å²) in [6.07, 6.45) is 0. The van der Waals surface area contributed by atoms with Crippen LogP contribution in [-0.2, 0) is 13.1 Å². The number of hydrogen-bond donors (Lipinski definition) is 2. The van der Waals surface area contributed by atoms with Crippen molar-refractivity contribution in [1.29, 1.82) is 0 Å². The molecule has 0 aliphatic carbocycles. The van der Waals surface area contributed by atoms with Gasteiger partial charge >= 0.3 is 0 Å². The Hall–Kier alpha value is -2.10. The molecule has 2 aromatic heterocycles. The van der Waals surface area contributed by atoms with Crippen LogP contribution in [0, 0.1) is 18.8 Å². The summed E-state index contributed by atoms with van der Waals surface area (Å²) in [5.41, 5.74) is 7.71. The third kappa shape index (κ3) is 3.94. The molecule has 5 nitrogen and oxygen atoms in total. The molecule has 0 unspecified atom stereocenters. The largest absolute Gasteiger partial charge is 0.346 e. The van der Waals surface area contributed by atoms with Gasteiger partial charge < -0.3 is 11.1 Å². The van der Waals surface area contributed by atoms with Gasteiger partial charge in [0.05, 0.1) is 18.8 Å². The van der Waals surface area contributed by atoms with Gasteiger partial charge in [-0.05, 0) is 26.0 Å². The summed E-state index contributed by atoms with van der Waals surface area (Å²) in [6.45, 7) is 5.36. The number of amides is 1. The lowest BCUT2D eigenvalue weighted by atomic mass is 10.3. The minimum absolute atomic E-state index is 0.111. The molecule has 2 rings (SSSR count). The summed E-state index contributed by atoms with van der Waals surface area (Å²) >= 11 is 1.57. The molecule has 2 aromatic rings. The van der Waals surface area contributed by atoms with E-state index in [9.17, 15) is 4.79 Å². The maximum absolute atomic E-state index is 12.2. The highest BCUT2D eigenvalue weighted by molar-refractivity contribution is 7.10. The maximum Gasteiger partial charge on any atom is 0.269 e. The number of carbonyl (C=O) groups excluding carboxylic acids is 1. The van der Waals surface area contributed by atoms with Crippen LogP contribution in [0.3, 0.4) is 0 Å². The molecule has 0 atom stereocenters. The van der Waals surface area contributed by atoms with E-state index in [2.05, 4.69) is 22.3 Å². The first-order chi connectivity index (χ1) is 10.1. The van der Waals surface area contributed by atoms with Crippen molar-refractivity contribution in [3.63, 3.8) is 0 Å². The smallest absolute Gasteiger partial charge is 0.269 e. The fraction of sp³-hybridized carbons (Fsp3) is 0.333. The molecule has 0 aromatic carbocycles. The van der Waals surface area contributed by atoms with Crippen molar-refractivity contribution in [3.05, 3.63) is 39.3 Å². The van der Waals surface area contributed by atoms with E-state index < -0.39 is 0 Å². The van der Waals surface area contributed by atoms with E-state index in [1.54, 1.807) is 22.1 Å². The zero-order valence-corrected chi connectivity index (χ0v) is 13.0. The van der Waals surface area contributed by atoms with Crippen molar-refractivity contribution in [3.8, 4) is 11.8 Å². The Morgan fingerprint density at radius 2 is 2.33 bits per heavy atom. The molecule has 0 saturated carbocycles. The second-order valence-corrected chi connectivity index (χ2v) is 5.47. The van der Waals surface area contributed by atoms with Gasteiger partial charge in [-0.3, -0.25) is 9.48 Å². The number of thiophene rings is 1. The van der Waals surface area contributed by atoms with Crippen LogP contribution in [0.2, 0.25) is 0 Å². The van der Waals surface area contributed by atoms with Crippen molar-refractivity contribution in [2.24, 2.45) is 5.73 Å². The molecular formula is C15H18N4OS. The van der Waals surface area contributed by atoms with Gasteiger partial charge in [0, 0.05) is 22.4 Å². The Bertz CT molecular complexity index is 690. The van der Waals surface area contributed by atoms with E-state index in [0.717, 1.165) is 16.1 Å². The van der Waals surface area contributed by atoms with Crippen molar-refractivity contribution < 1.29 is 4.79 Å². The molecule has 3 N–H and O–H groups in total. The molecule has 1 amide bonds. The number of aryl methyl sites for hydroxylation is 2. The highest BCUT2D eigenvalue weighted by atomic mass is 32.1. The number of nitrogens with one attached hydrogen (secondary N) is 1. The van der Waals surface area contributed by atoms with E-state index >= 15 is 0 Å². The summed E-state index contributed by atoms with van der Waals surface area (Å²) in [4.78, 5) is 13.2. The first-order valence-electron chi connectivity index (χ1n) is 6.73. The fourth-order valence-electron chi connectivity index (χ4n) is 1.92. The monoisotopic (exact) mass is 302 g/mol. The van der Waals surface area contributed by atoms with E-state index in [4.69, 9.17) is 5.73 Å². The van der Waals surface area contributed by atoms with Gasteiger partial charge in [-0.1, -0.05) is 11.8 Å². The highest BCUT2D eigenvalue weighted by Crippen LogP contribution is 2.14. The SMILES string of the molecule is CCn1nc(C)cc1C(=O)NCc1cc(C#CCN)cs1. The molecule has 0 radical (unpaired) electrons. The summed E-state index contributed by atoms with van der Waals surface area (Å²) in [7, 11) is 0. The van der Waals surface area contributed by atoms with Crippen LogP contribution >= 0.6 is 11.3 Å². The minimum Gasteiger partial charge on any atom is -0.346 e. The van der Waals surface area contributed by atoms with E-state index in [1.165, 1.54) is 0 Å². The Labute approximate surface area is 128 Å². The number of hydrogen-bond acceptors (Lipinski definition) is 4. The molecule has 2 heterocycles. The molecule has 21 heavy (non-hydrogen) atoms. The quantitative estimate of drug-likeness (QED) is 0.841. The van der Waals surface area contributed by atoms with E-state index in [0.29, 0.717) is 25.3 Å². The van der Waals surface area contributed by atoms with E-state index in [-0.39, 0.29) is 5.91 Å². The van der Waals surface area contributed by atoms with Crippen LogP contribution < -0.4 is 11.1 Å². The predicted octanol–water partition coefficient (Wildman–Crippen LogP) is 1.51. The molecule has 110 valence electrons. The van der Waals surface area contributed by atoms with Gasteiger partial charge in [0.25, 0.3) is 5.91 Å². The second-order valence-electron chi connectivity index (χ2n) is 4.48. The van der Waals surface area contributed by atoms with Crippen LogP contribution in [0.1, 0.15) is 33.5 Å².